The zero-order chi connectivity index (χ0) is 18.9. The van der Waals surface area contributed by atoms with Gasteiger partial charge in [-0.1, -0.05) is 18.2 Å². The third-order valence-corrected chi connectivity index (χ3v) is 4.17. The van der Waals surface area contributed by atoms with Crippen LogP contribution in [0.25, 0.3) is 0 Å². The van der Waals surface area contributed by atoms with Crippen molar-refractivity contribution in [2.75, 3.05) is 25.1 Å². The Bertz CT molecular complexity index is 754. The fraction of sp³-hybridized carbons (Fsp3) is 0.333. The standard InChI is InChI=1S/C21H25N3O3/c1-2-26-18-12-10-17(11-13-18)23-21(22-15-19-9-6-14-27-19)24-20(25)16-7-4-3-5-8-16/h3-5,7-8,10-13,19H,2,6,9,14-15H2,1H3,(H2,22,23,24,25)/t19-/m0/s1. The lowest BCUT2D eigenvalue weighted by Crippen LogP contribution is -2.36. The van der Waals surface area contributed by atoms with Crippen LogP contribution in [0.5, 0.6) is 5.75 Å². The number of ether oxygens (including phenoxy) is 2. The molecular weight excluding hydrogens is 342 g/mol. The Morgan fingerprint density at radius 1 is 1.19 bits per heavy atom. The minimum absolute atomic E-state index is 0.107. The van der Waals surface area contributed by atoms with Crippen LogP contribution in [0.4, 0.5) is 5.69 Å². The van der Waals surface area contributed by atoms with Gasteiger partial charge in [-0.15, -0.1) is 0 Å². The van der Waals surface area contributed by atoms with E-state index in [2.05, 4.69) is 15.6 Å². The molecule has 6 nitrogen and oxygen atoms in total. The van der Waals surface area contributed by atoms with E-state index in [1.54, 1.807) is 12.1 Å². The molecule has 1 heterocycles. The van der Waals surface area contributed by atoms with E-state index in [0.717, 1.165) is 30.9 Å². The van der Waals surface area contributed by atoms with Gasteiger partial charge in [0.05, 0.1) is 19.3 Å². The third kappa shape index (κ3) is 5.82. The number of aliphatic imine (C=N–C) groups is 1. The summed E-state index contributed by atoms with van der Waals surface area (Å²) in [7, 11) is 0. The molecule has 0 spiro atoms. The number of nitrogens with one attached hydrogen (secondary N) is 2. The van der Waals surface area contributed by atoms with E-state index >= 15 is 0 Å². The van der Waals surface area contributed by atoms with Crippen molar-refractivity contribution in [3.8, 4) is 5.75 Å². The summed E-state index contributed by atoms with van der Waals surface area (Å²) in [6.45, 7) is 3.85. The smallest absolute Gasteiger partial charge is 0.257 e. The van der Waals surface area contributed by atoms with E-state index in [1.807, 2.05) is 49.4 Å². The lowest BCUT2D eigenvalue weighted by atomic mass is 10.2. The molecule has 142 valence electrons. The molecule has 1 amide bonds. The zero-order valence-corrected chi connectivity index (χ0v) is 15.5. The van der Waals surface area contributed by atoms with Gasteiger partial charge >= 0.3 is 0 Å². The average molecular weight is 367 g/mol. The Morgan fingerprint density at radius 2 is 1.96 bits per heavy atom. The Balaban J connectivity index is 1.70. The second-order valence-corrected chi connectivity index (χ2v) is 6.23. The van der Waals surface area contributed by atoms with Gasteiger partial charge in [0.2, 0.25) is 5.96 Å². The summed E-state index contributed by atoms with van der Waals surface area (Å²) in [5.74, 6) is 0.998. The summed E-state index contributed by atoms with van der Waals surface area (Å²) >= 11 is 0. The van der Waals surface area contributed by atoms with E-state index in [-0.39, 0.29) is 12.0 Å². The summed E-state index contributed by atoms with van der Waals surface area (Å²) < 4.78 is 11.1. The molecule has 1 aliphatic heterocycles. The van der Waals surface area contributed by atoms with Crippen molar-refractivity contribution in [2.24, 2.45) is 4.99 Å². The average Bonchev–Trinajstić information content (AvgIpc) is 3.22. The summed E-state index contributed by atoms with van der Waals surface area (Å²) in [6, 6.07) is 16.6. The number of amides is 1. The molecular formula is C21H25N3O3. The summed E-state index contributed by atoms with van der Waals surface area (Å²) in [5.41, 5.74) is 1.40. The van der Waals surface area contributed by atoms with Gasteiger partial charge in [-0.3, -0.25) is 10.1 Å². The first-order valence-corrected chi connectivity index (χ1v) is 9.27. The molecule has 3 rings (SSSR count). The molecule has 6 heteroatoms. The second-order valence-electron chi connectivity index (χ2n) is 6.23. The van der Waals surface area contributed by atoms with Crippen molar-refractivity contribution in [3.05, 3.63) is 60.2 Å². The Kier molecular flexibility index (Phi) is 6.82. The minimum atomic E-state index is -0.208. The predicted molar refractivity (Wildman–Crippen MR) is 106 cm³/mol. The third-order valence-electron chi connectivity index (χ3n) is 4.17. The van der Waals surface area contributed by atoms with Crippen molar-refractivity contribution in [3.63, 3.8) is 0 Å². The van der Waals surface area contributed by atoms with Crippen LogP contribution >= 0.6 is 0 Å². The first-order valence-electron chi connectivity index (χ1n) is 9.27. The Hall–Kier alpha value is -2.86. The monoisotopic (exact) mass is 367 g/mol. The number of nitrogens with zero attached hydrogens (tertiary/aromatic N) is 1. The van der Waals surface area contributed by atoms with Crippen LogP contribution in [0.1, 0.15) is 30.1 Å². The van der Waals surface area contributed by atoms with Gasteiger partial charge in [0.15, 0.2) is 0 Å². The molecule has 27 heavy (non-hydrogen) atoms. The molecule has 1 saturated heterocycles. The van der Waals surface area contributed by atoms with Crippen molar-refractivity contribution in [1.29, 1.82) is 0 Å². The first-order chi connectivity index (χ1) is 13.2. The topological polar surface area (TPSA) is 71.9 Å². The maximum atomic E-state index is 12.5. The molecule has 2 N–H and O–H groups in total. The van der Waals surface area contributed by atoms with E-state index < -0.39 is 0 Å². The van der Waals surface area contributed by atoms with Gasteiger partial charge in [0, 0.05) is 17.9 Å². The molecule has 1 aliphatic rings. The molecule has 0 bridgehead atoms. The molecule has 0 unspecified atom stereocenters. The van der Waals surface area contributed by atoms with E-state index in [4.69, 9.17) is 9.47 Å². The molecule has 1 fully saturated rings. The summed E-state index contributed by atoms with van der Waals surface area (Å²) in [5, 5.41) is 6.04. The number of hydrogen-bond donors (Lipinski definition) is 2. The van der Waals surface area contributed by atoms with E-state index in [0.29, 0.717) is 24.7 Å². The maximum absolute atomic E-state index is 12.5. The van der Waals surface area contributed by atoms with E-state index in [1.165, 1.54) is 0 Å². The van der Waals surface area contributed by atoms with E-state index in [9.17, 15) is 4.79 Å². The van der Waals surface area contributed by atoms with Crippen molar-refractivity contribution < 1.29 is 14.3 Å². The SMILES string of the molecule is CCOc1ccc(NC(=NC[C@@H]2CCCO2)NC(=O)c2ccccc2)cc1. The number of carbonyl (C=O) groups is 1. The lowest BCUT2D eigenvalue weighted by Gasteiger charge is -2.14. The van der Waals surface area contributed by atoms with Crippen molar-refractivity contribution in [1.82, 2.24) is 5.32 Å². The minimum Gasteiger partial charge on any atom is -0.494 e. The van der Waals surface area contributed by atoms with Crippen LogP contribution < -0.4 is 15.4 Å². The highest BCUT2D eigenvalue weighted by molar-refractivity contribution is 6.09. The Morgan fingerprint density at radius 3 is 2.63 bits per heavy atom. The molecule has 1 atom stereocenters. The fourth-order valence-electron chi connectivity index (χ4n) is 2.80. The normalized spacial score (nSPS) is 16.8. The zero-order valence-electron chi connectivity index (χ0n) is 15.5. The van der Waals surface area contributed by atoms with Gasteiger partial charge in [-0.2, -0.15) is 0 Å². The molecule has 0 aliphatic carbocycles. The fourth-order valence-corrected chi connectivity index (χ4v) is 2.80. The number of carbonyl (C=O) groups excluding carboxylic acids is 1. The van der Waals surface area contributed by atoms with Crippen molar-refractivity contribution >= 4 is 17.6 Å². The van der Waals surface area contributed by atoms with Crippen molar-refractivity contribution in [2.45, 2.75) is 25.9 Å². The number of hydrogen-bond acceptors (Lipinski definition) is 4. The predicted octanol–water partition coefficient (Wildman–Crippen LogP) is 3.46. The van der Waals surface area contributed by atoms with Crippen LogP contribution in [0.3, 0.4) is 0 Å². The molecule has 2 aromatic carbocycles. The highest BCUT2D eigenvalue weighted by Gasteiger charge is 2.16. The lowest BCUT2D eigenvalue weighted by molar-refractivity contribution is 0.0975. The number of anilines is 1. The number of benzene rings is 2. The summed E-state index contributed by atoms with van der Waals surface area (Å²) in [6.07, 6.45) is 2.15. The van der Waals surface area contributed by atoms with Crippen LogP contribution in [0.15, 0.2) is 59.6 Å². The molecule has 2 aromatic rings. The van der Waals surface area contributed by atoms with Gasteiger partial charge in [-0.05, 0) is 56.2 Å². The van der Waals surface area contributed by atoms with Gasteiger partial charge in [0.25, 0.3) is 5.91 Å². The van der Waals surface area contributed by atoms with Gasteiger partial charge in [0.1, 0.15) is 5.75 Å². The number of guanidine groups is 1. The highest BCUT2D eigenvalue weighted by atomic mass is 16.5. The Labute approximate surface area is 159 Å². The van der Waals surface area contributed by atoms with Gasteiger partial charge in [-0.25, -0.2) is 4.99 Å². The highest BCUT2D eigenvalue weighted by Crippen LogP contribution is 2.16. The quantitative estimate of drug-likeness (QED) is 0.606. The van der Waals surface area contributed by atoms with Crippen LogP contribution in [-0.4, -0.2) is 37.7 Å². The molecule has 0 radical (unpaired) electrons. The largest absolute Gasteiger partial charge is 0.494 e. The molecule has 0 saturated carbocycles. The number of rotatable bonds is 6. The van der Waals surface area contributed by atoms with Crippen LogP contribution in [0.2, 0.25) is 0 Å². The van der Waals surface area contributed by atoms with Crippen LogP contribution in [-0.2, 0) is 4.74 Å². The van der Waals surface area contributed by atoms with Gasteiger partial charge < -0.3 is 14.8 Å². The maximum Gasteiger partial charge on any atom is 0.257 e. The van der Waals surface area contributed by atoms with Crippen LogP contribution in [0, 0.1) is 0 Å². The second kappa shape index (κ2) is 9.73. The molecule has 0 aromatic heterocycles. The summed E-state index contributed by atoms with van der Waals surface area (Å²) in [4.78, 5) is 17.0. The first kappa shape index (κ1) is 18.9.